The van der Waals surface area contributed by atoms with E-state index in [4.69, 9.17) is 5.73 Å². The summed E-state index contributed by atoms with van der Waals surface area (Å²) in [5.41, 5.74) is 6.35. The molecule has 1 aliphatic heterocycles. The molecule has 3 N–H and O–H groups in total. The number of carbonyl (C=O) groups is 3. The van der Waals surface area contributed by atoms with Gasteiger partial charge in [-0.05, 0) is 18.4 Å². The fourth-order valence-electron chi connectivity index (χ4n) is 2.83. The summed E-state index contributed by atoms with van der Waals surface area (Å²) >= 11 is 0. The molecule has 0 aromatic heterocycles. The van der Waals surface area contributed by atoms with Gasteiger partial charge in [0.15, 0.2) is 0 Å². The summed E-state index contributed by atoms with van der Waals surface area (Å²) in [6.45, 7) is 2.11. The van der Waals surface area contributed by atoms with Crippen LogP contribution in [0.15, 0.2) is 30.3 Å². The maximum absolute atomic E-state index is 12.4. The zero-order chi connectivity index (χ0) is 18.1. The number of aryl methyl sites for hydroxylation is 1. The summed E-state index contributed by atoms with van der Waals surface area (Å²) in [4.78, 5) is 39.2. The molecule has 144 valence electrons. The fourth-order valence-corrected chi connectivity index (χ4v) is 2.83. The van der Waals surface area contributed by atoms with Crippen LogP contribution in [0.4, 0.5) is 0 Å². The van der Waals surface area contributed by atoms with Crippen molar-refractivity contribution in [2.75, 3.05) is 39.3 Å². The Morgan fingerprint density at radius 2 is 1.58 bits per heavy atom. The number of carbonyl (C=O) groups excluding carboxylic acids is 3. The van der Waals surface area contributed by atoms with E-state index in [9.17, 15) is 14.4 Å². The molecule has 1 aromatic carbocycles. The molecule has 1 saturated heterocycles. The van der Waals surface area contributed by atoms with Gasteiger partial charge in [0.2, 0.25) is 17.7 Å². The highest BCUT2D eigenvalue weighted by Crippen LogP contribution is 2.08. The highest BCUT2D eigenvalue weighted by Gasteiger charge is 2.21. The van der Waals surface area contributed by atoms with E-state index in [1.807, 2.05) is 35.2 Å². The molecule has 0 spiro atoms. The summed E-state index contributed by atoms with van der Waals surface area (Å²) < 4.78 is 0. The summed E-state index contributed by atoms with van der Waals surface area (Å²) in [5.74, 6) is -0.365. The zero-order valence-electron chi connectivity index (χ0n) is 14.9. The Morgan fingerprint density at radius 1 is 0.962 bits per heavy atom. The largest absolute Gasteiger partial charge is 0.346 e. The van der Waals surface area contributed by atoms with Crippen LogP contribution in [0, 0.1) is 0 Å². The molecule has 26 heavy (non-hydrogen) atoms. The van der Waals surface area contributed by atoms with Crippen LogP contribution in [0.2, 0.25) is 0 Å². The summed E-state index contributed by atoms with van der Waals surface area (Å²) in [5, 5.41) is 2.49. The summed E-state index contributed by atoms with van der Waals surface area (Å²) in [6.07, 6.45) is 1.95. The van der Waals surface area contributed by atoms with E-state index in [1.165, 1.54) is 0 Å². The maximum Gasteiger partial charge on any atom is 0.242 e. The number of hydrogen-bond acceptors (Lipinski definition) is 4. The van der Waals surface area contributed by atoms with E-state index < -0.39 is 0 Å². The van der Waals surface area contributed by atoms with Crippen LogP contribution in [-0.2, 0) is 20.8 Å². The minimum Gasteiger partial charge on any atom is -0.346 e. The minimum atomic E-state index is -0.346. The van der Waals surface area contributed by atoms with Gasteiger partial charge in [-0.3, -0.25) is 14.4 Å². The normalized spacial score (nSPS) is 14.2. The predicted octanol–water partition coefficient (Wildman–Crippen LogP) is 0.177. The lowest BCUT2D eigenvalue weighted by Gasteiger charge is -2.22. The fraction of sp³-hybridized carbons (Fsp3) is 0.500. The van der Waals surface area contributed by atoms with Crippen molar-refractivity contribution in [2.45, 2.75) is 19.3 Å². The number of benzene rings is 1. The van der Waals surface area contributed by atoms with Crippen LogP contribution in [0.3, 0.4) is 0 Å². The van der Waals surface area contributed by atoms with E-state index in [1.54, 1.807) is 4.90 Å². The molecule has 1 fully saturated rings. The Kier molecular flexibility index (Phi) is 9.69. The molecular formula is C18H27ClN4O3. The standard InChI is InChI=1S/C18H26N4O3.ClH/c19-13-16(23)20-14-18(25)22-10-4-9-21(11-12-22)17(24)8-7-15-5-2-1-3-6-15;/h1-3,5-6H,4,7-14,19H2,(H,20,23);1H. The van der Waals surface area contributed by atoms with Gasteiger partial charge in [-0.25, -0.2) is 0 Å². The van der Waals surface area contributed by atoms with Gasteiger partial charge in [0.25, 0.3) is 0 Å². The Balaban J connectivity index is 0.00000338. The van der Waals surface area contributed by atoms with Crippen LogP contribution in [0.5, 0.6) is 0 Å². The topological polar surface area (TPSA) is 95.7 Å². The number of amides is 3. The first-order valence-electron chi connectivity index (χ1n) is 8.66. The van der Waals surface area contributed by atoms with Crippen molar-refractivity contribution in [3.05, 3.63) is 35.9 Å². The zero-order valence-corrected chi connectivity index (χ0v) is 15.7. The number of halogens is 1. The molecule has 8 heteroatoms. The average molecular weight is 383 g/mol. The first kappa shape index (κ1) is 21.9. The number of hydrogen-bond donors (Lipinski definition) is 2. The van der Waals surface area contributed by atoms with E-state index in [-0.39, 0.29) is 43.2 Å². The number of nitrogens with two attached hydrogens (primary N) is 1. The minimum absolute atomic E-state index is 0. The SMILES string of the molecule is Cl.NCC(=O)NCC(=O)N1CCCN(C(=O)CCc2ccccc2)CC1. The molecule has 1 heterocycles. The second-order valence-corrected chi connectivity index (χ2v) is 6.08. The van der Waals surface area contributed by atoms with Crippen LogP contribution < -0.4 is 11.1 Å². The van der Waals surface area contributed by atoms with Crippen LogP contribution in [0.25, 0.3) is 0 Å². The van der Waals surface area contributed by atoms with E-state index in [2.05, 4.69) is 5.32 Å². The van der Waals surface area contributed by atoms with Gasteiger partial charge in [-0.15, -0.1) is 12.4 Å². The molecule has 3 amide bonds. The smallest absolute Gasteiger partial charge is 0.242 e. The van der Waals surface area contributed by atoms with Crippen molar-refractivity contribution in [1.29, 1.82) is 0 Å². The molecule has 0 saturated carbocycles. The first-order valence-corrected chi connectivity index (χ1v) is 8.66. The molecule has 0 aliphatic carbocycles. The van der Waals surface area contributed by atoms with Gasteiger partial charge >= 0.3 is 0 Å². The third-order valence-corrected chi connectivity index (χ3v) is 4.29. The predicted molar refractivity (Wildman–Crippen MR) is 102 cm³/mol. The van der Waals surface area contributed by atoms with Crippen molar-refractivity contribution in [2.24, 2.45) is 5.73 Å². The van der Waals surface area contributed by atoms with Gasteiger partial charge in [-0.2, -0.15) is 0 Å². The van der Waals surface area contributed by atoms with Gasteiger partial charge < -0.3 is 20.9 Å². The lowest BCUT2D eigenvalue weighted by Crippen LogP contribution is -2.43. The van der Waals surface area contributed by atoms with Gasteiger partial charge in [-0.1, -0.05) is 30.3 Å². The Hall–Kier alpha value is -2.12. The summed E-state index contributed by atoms with van der Waals surface area (Å²) in [7, 11) is 0. The lowest BCUT2D eigenvalue weighted by atomic mass is 10.1. The number of nitrogens with one attached hydrogen (secondary N) is 1. The average Bonchev–Trinajstić information content (AvgIpc) is 2.91. The second-order valence-electron chi connectivity index (χ2n) is 6.08. The van der Waals surface area contributed by atoms with E-state index in [0.29, 0.717) is 32.6 Å². The number of nitrogens with zero attached hydrogens (tertiary/aromatic N) is 2. The molecule has 1 aromatic rings. The van der Waals surface area contributed by atoms with Gasteiger partial charge in [0.05, 0.1) is 13.1 Å². The molecule has 7 nitrogen and oxygen atoms in total. The van der Waals surface area contributed by atoms with Crippen molar-refractivity contribution in [3.63, 3.8) is 0 Å². The molecule has 1 aliphatic rings. The third-order valence-electron chi connectivity index (χ3n) is 4.29. The van der Waals surface area contributed by atoms with Gasteiger partial charge in [0.1, 0.15) is 0 Å². The highest BCUT2D eigenvalue weighted by molar-refractivity contribution is 5.86. The van der Waals surface area contributed by atoms with Crippen molar-refractivity contribution in [1.82, 2.24) is 15.1 Å². The molecule has 0 unspecified atom stereocenters. The molecule has 0 radical (unpaired) electrons. The van der Waals surface area contributed by atoms with E-state index in [0.717, 1.165) is 18.4 Å². The van der Waals surface area contributed by atoms with Crippen molar-refractivity contribution < 1.29 is 14.4 Å². The van der Waals surface area contributed by atoms with Crippen LogP contribution >= 0.6 is 12.4 Å². The molecule has 2 rings (SSSR count). The first-order chi connectivity index (χ1) is 12.1. The van der Waals surface area contributed by atoms with Crippen molar-refractivity contribution in [3.8, 4) is 0 Å². The van der Waals surface area contributed by atoms with Crippen LogP contribution in [0.1, 0.15) is 18.4 Å². The Labute approximate surface area is 160 Å². The molecule has 0 atom stereocenters. The van der Waals surface area contributed by atoms with Crippen molar-refractivity contribution >= 4 is 30.1 Å². The number of rotatable bonds is 6. The Morgan fingerprint density at radius 3 is 2.19 bits per heavy atom. The maximum atomic E-state index is 12.4. The van der Waals surface area contributed by atoms with E-state index >= 15 is 0 Å². The van der Waals surface area contributed by atoms with Crippen LogP contribution in [-0.4, -0.2) is 66.8 Å². The molecular weight excluding hydrogens is 356 g/mol. The molecule has 0 bridgehead atoms. The third kappa shape index (κ3) is 7.01. The highest BCUT2D eigenvalue weighted by atomic mass is 35.5. The second kappa shape index (κ2) is 11.5. The quantitative estimate of drug-likeness (QED) is 0.733. The lowest BCUT2D eigenvalue weighted by molar-refractivity contribution is -0.133. The Bertz CT molecular complexity index is 597. The monoisotopic (exact) mass is 382 g/mol. The summed E-state index contributed by atoms with van der Waals surface area (Å²) in [6, 6.07) is 9.94. The van der Waals surface area contributed by atoms with Gasteiger partial charge in [0, 0.05) is 32.6 Å².